The topological polar surface area (TPSA) is 15.3 Å². The molecule has 0 radical (unpaired) electrons. The van der Waals surface area contributed by atoms with Crippen molar-refractivity contribution in [2.45, 2.75) is 48.1 Å². The molecule has 0 aliphatic carbocycles. The first-order chi connectivity index (χ1) is 9.43. The van der Waals surface area contributed by atoms with Crippen LogP contribution >= 0.6 is 0 Å². The summed E-state index contributed by atoms with van der Waals surface area (Å²) in [7, 11) is 0. The molecular formula is C18H32N2. The molecule has 114 valence electrons. The second-order valence-electron chi connectivity index (χ2n) is 6.58. The fraction of sp³-hybridized carbons (Fsp3) is 0.667. The zero-order valence-electron chi connectivity index (χ0n) is 14.2. The lowest BCUT2D eigenvalue weighted by Crippen LogP contribution is -2.28. The van der Waals surface area contributed by atoms with Crippen LogP contribution in [0, 0.1) is 18.8 Å². The summed E-state index contributed by atoms with van der Waals surface area (Å²) in [6.07, 6.45) is 0. The van der Waals surface area contributed by atoms with Gasteiger partial charge in [0.2, 0.25) is 0 Å². The van der Waals surface area contributed by atoms with Crippen LogP contribution in [0.4, 0.5) is 5.69 Å². The molecule has 0 bridgehead atoms. The maximum absolute atomic E-state index is 3.51. The van der Waals surface area contributed by atoms with Crippen LogP contribution in [0.15, 0.2) is 18.2 Å². The fourth-order valence-corrected chi connectivity index (χ4v) is 2.53. The zero-order chi connectivity index (χ0) is 15.1. The van der Waals surface area contributed by atoms with E-state index in [4.69, 9.17) is 0 Å². The van der Waals surface area contributed by atoms with E-state index in [0.717, 1.165) is 26.2 Å². The van der Waals surface area contributed by atoms with E-state index in [2.05, 4.69) is 70.0 Å². The fourth-order valence-electron chi connectivity index (χ4n) is 2.53. The molecule has 0 aliphatic rings. The Morgan fingerprint density at radius 3 is 2.30 bits per heavy atom. The third-order valence-corrected chi connectivity index (χ3v) is 3.45. The quantitative estimate of drug-likeness (QED) is 0.764. The van der Waals surface area contributed by atoms with Crippen molar-refractivity contribution < 1.29 is 0 Å². The van der Waals surface area contributed by atoms with Crippen molar-refractivity contribution in [1.29, 1.82) is 0 Å². The Labute approximate surface area is 125 Å². The van der Waals surface area contributed by atoms with E-state index in [1.54, 1.807) is 0 Å². The van der Waals surface area contributed by atoms with Gasteiger partial charge in [0.1, 0.15) is 0 Å². The third-order valence-electron chi connectivity index (χ3n) is 3.45. The van der Waals surface area contributed by atoms with Crippen LogP contribution in [-0.4, -0.2) is 19.6 Å². The van der Waals surface area contributed by atoms with Gasteiger partial charge in [0.05, 0.1) is 0 Å². The second kappa shape index (κ2) is 8.31. The lowest BCUT2D eigenvalue weighted by atomic mass is 10.1. The summed E-state index contributed by atoms with van der Waals surface area (Å²) in [5, 5.41) is 3.51. The summed E-state index contributed by atoms with van der Waals surface area (Å²) < 4.78 is 0. The van der Waals surface area contributed by atoms with Crippen molar-refractivity contribution in [2.24, 2.45) is 11.8 Å². The molecule has 0 spiro atoms. The molecule has 1 rings (SSSR count). The number of hydrogen-bond acceptors (Lipinski definition) is 2. The standard InChI is InChI=1S/C18H32N2/c1-7-20(13-15(4)5)18-9-8-17(10-16(18)6)12-19-11-14(2)3/h8-10,14-15,19H,7,11-13H2,1-6H3. The molecule has 0 heterocycles. The highest BCUT2D eigenvalue weighted by atomic mass is 15.1. The summed E-state index contributed by atoms with van der Waals surface area (Å²) in [6, 6.07) is 6.87. The lowest BCUT2D eigenvalue weighted by molar-refractivity contribution is 0.552. The van der Waals surface area contributed by atoms with Crippen molar-refractivity contribution in [1.82, 2.24) is 5.32 Å². The molecule has 1 aromatic carbocycles. The Morgan fingerprint density at radius 1 is 1.10 bits per heavy atom. The van der Waals surface area contributed by atoms with Crippen LogP contribution in [0.3, 0.4) is 0 Å². The van der Waals surface area contributed by atoms with E-state index >= 15 is 0 Å². The normalized spacial score (nSPS) is 11.4. The summed E-state index contributed by atoms with van der Waals surface area (Å²) in [5.41, 5.74) is 4.15. The summed E-state index contributed by atoms with van der Waals surface area (Å²) in [5.74, 6) is 1.40. The first kappa shape index (κ1) is 17.0. The number of anilines is 1. The average molecular weight is 276 g/mol. The highest BCUT2D eigenvalue weighted by Crippen LogP contribution is 2.22. The predicted molar refractivity (Wildman–Crippen MR) is 90.4 cm³/mol. The van der Waals surface area contributed by atoms with Gasteiger partial charge in [0, 0.05) is 25.3 Å². The monoisotopic (exact) mass is 276 g/mol. The van der Waals surface area contributed by atoms with Crippen LogP contribution in [0.1, 0.15) is 45.7 Å². The number of benzene rings is 1. The highest BCUT2D eigenvalue weighted by molar-refractivity contribution is 5.54. The molecule has 2 heteroatoms. The number of aryl methyl sites for hydroxylation is 1. The van der Waals surface area contributed by atoms with Crippen LogP contribution in [0.25, 0.3) is 0 Å². The first-order valence-electron chi connectivity index (χ1n) is 7.99. The van der Waals surface area contributed by atoms with Crippen LogP contribution in [0.2, 0.25) is 0 Å². The molecule has 1 N–H and O–H groups in total. The van der Waals surface area contributed by atoms with Gasteiger partial charge < -0.3 is 10.2 Å². The molecule has 0 fully saturated rings. The Balaban J connectivity index is 2.71. The Hall–Kier alpha value is -1.02. The molecule has 0 atom stereocenters. The molecule has 0 amide bonds. The summed E-state index contributed by atoms with van der Waals surface area (Å²) in [6.45, 7) is 17.8. The van der Waals surface area contributed by atoms with E-state index in [-0.39, 0.29) is 0 Å². The Bertz CT molecular complexity index is 396. The van der Waals surface area contributed by atoms with Crippen LogP contribution < -0.4 is 10.2 Å². The van der Waals surface area contributed by atoms with Crippen molar-refractivity contribution in [3.63, 3.8) is 0 Å². The van der Waals surface area contributed by atoms with Crippen molar-refractivity contribution in [3.05, 3.63) is 29.3 Å². The van der Waals surface area contributed by atoms with E-state index in [0.29, 0.717) is 11.8 Å². The molecule has 0 aliphatic heterocycles. The molecule has 0 saturated heterocycles. The van der Waals surface area contributed by atoms with Gasteiger partial charge in [-0.15, -0.1) is 0 Å². The average Bonchev–Trinajstić information content (AvgIpc) is 2.36. The lowest BCUT2D eigenvalue weighted by Gasteiger charge is -2.27. The van der Waals surface area contributed by atoms with Crippen molar-refractivity contribution >= 4 is 5.69 Å². The highest BCUT2D eigenvalue weighted by Gasteiger charge is 2.09. The van der Waals surface area contributed by atoms with Gasteiger partial charge in [-0.25, -0.2) is 0 Å². The Kier molecular flexibility index (Phi) is 7.08. The number of rotatable bonds is 8. The SMILES string of the molecule is CCN(CC(C)C)c1ccc(CNCC(C)C)cc1C. The third kappa shape index (κ3) is 5.54. The van der Waals surface area contributed by atoms with E-state index < -0.39 is 0 Å². The molecule has 0 unspecified atom stereocenters. The van der Waals surface area contributed by atoms with Crippen LogP contribution in [-0.2, 0) is 6.54 Å². The Morgan fingerprint density at radius 2 is 1.80 bits per heavy atom. The summed E-state index contributed by atoms with van der Waals surface area (Å²) in [4.78, 5) is 2.48. The van der Waals surface area contributed by atoms with Crippen molar-refractivity contribution in [2.75, 3.05) is 24.5 Å². The number of nitrogens with zero attached hydrogens (tertiary/aromatic N) is 1. The van der Waals surface area contributed by atoms with Crippen LogP contribution in [0.5, 0.6) is 0 Å². The van der Waals surface area contributed by atoms with E-state index in [1.807, 2.05) is 0 Å². The molecular weight excluding hydrogens is 244 g/mol. The molecule has 20 heavy (non-hydrogen) atoms. The van der Waals surface area contributed by atoms with Crippen molar-refractivity contribution in [3.8, 4) is 0 Å². The van der Waals surface area contributed by atoms with Gasteiger partial charge in [0.25, 0.3) is 0 Å². The zero-order valence-corrected chi connectivity index (χ0v) is 14.2. The van der Waals surface area contributed by atoms with Gasteiger partial charge in [-0.05, 0) is 49.4 Å². The second-order valence-corrected chi connectivity index (χ2v) is 6.58. The molecule has 2 nitrogen and oxygen atoms in total. The van der Waals surface area contributed by atoms with Gasteiger partial charge in [0.15, 0.2) is 0 Å². The predicted octanol–water partition coefficient (Wildman–Crippen LogP) is 4.22. The minimum atomic E-state index is 0.696. The van der Waals surface area contributed by atoms with Gasteiger partial charge in [-0.2, -0.15) is 0 Å². The molecule has 0 aromatic heterocycles. The number of nitrogens with one attached hydrogen (secondary N) is 1. The van der Waals surface area contributed by atoms with Gasteiger partial charge in [-0.1, -0.05) is 39.8 Å². The van der Waals surface area contributed by atoms with E-state index in [1.165, 1.54) is 16.8 Å². The minimum Gasteiger partial charge on any atom is -0.371 e. The van der Waals surface area contributed by atoms with Gasteiger partial charge in [-0.3, -0.25) is 0 Å². The number of hydrogen-bond donors (Lipinski definition) is 1. The minimum absolute atomic E-state index is 0.696. The molecule has 0 saturated carbocycles. The largest absolute Gasteiger partial charge is 0.371 e. The van der Waals surface area contributed by atoms with Gasteiger partial charge >= 0.3 is 0 Å². The smallest absolute Gasteiger partial charge is 0.0396 e. The maximum Gasteiger partial charge on any atom is 0.0396 e. The van der Waals surface area contributed by atoms with E-state index in [9.17, 15) is 0 Å². The summed E-state index contributed by atoms with van der Waals surface area (Å²) >= 11 is 0. The first-order valence-corrected chi connectivity index (χ1v) is 7.99. The maximum atomic E-state index is 3.51. The molecule has 1 aromatic rings.